The van der Waals surface area contributed by atoms with E-state index >= 15 is 0 Å². The summed E-state index contributed by atoms with van der Waals surface area (Å²) in [5.74, 6) is -1.65. The maximum atomic E-state index is 15.0. The minimum Gasteiger partial charge on any atom is -0.453 e. The van der Waals surface area contributed by atoms with Crippen LogP contribution in [0.4, 0.5) is 14.6 Å². The molecule has 0 spiro atoms. The van der Waals surface area contributed by atoms with Gasteiger partial charge in [0.15, 0.2) is 23.2 Å². The molecule has 0 aliphatic heterocycles. The summed E-state index contributed by atoms with van der Waals surface area (Å²) in [5, 5.41) is 4.36. The second-order valence-electron chi connectivity index (χ2n) is 6.86. The summed E-state index contributed by atoms with van der Waals surface area (Å²) in [6, 6.07) is 8.33. The van der Waals surface area contributed by atoms with E-state index in [0.29, 0.717) is 21.4 Å². The minimum atomic E-state index is -0.771. The zero-order valence-corrected chi connectivity index (χ0v) is 19.4. The van der Waals surface area contributed by atoms with E-state index in [-0.39, 0.29) is 34.2 Å². The topological polar surface area (TPSA) is 122 Å². The molecule has 0 radical (unpaired) electrons. The molecule has 3 aromatic heterocycles. The van der Waals surface area contributed by atoms with Crippen molar-refractivity contribution in [2.24, 2.45) is 5.73 Å². The number of nitrogens with zero attached hydrogens (tertiary/aromatic N) is 4. The van der Waals surface area contributed by atoms with Gasteiger partial charge in [-0.1, -0.05) is 6.92 Å². The monoisotopic (exact) mass is 562 g/mol. The van der Waals surface area contributed by atoms with Crippen molar-refractivity contribution in [2.45, 2.75) is 13.3 Å². The second-order valence-corrected chi connectivity index (χ2v) is 7.94. The molecule has 0 atom stereocenters. The molecule has 0 bridgehead atoms. The lowest BCUT2D eigenvalue weighted by Crippen LogP contribution is -2.15. The number of carbonyl (C=O) groups is 1. The number of amides is 1. The molecule has 168 valence electrons. The fourth-order valence-electron chi connectivity index (χ4n) is 3.32. The van der Waals surface area contributed by atoms with Crippen LogP contribution in [-0.2, 0) is 6.42 Å². The van der Waals surface area contributed by atoms with Crippen LogP contribution < -0.4 is 16.2 Å². The number of primary amides is 1. The molecule has 8 nitrogen and oxygen atoms in total. The van der Waals surface area contributed by atoms with Gasteiger partial charge in [0.2, 0.25) is 0 Å². The van der Waals surface area contributed by atoms with Crippen LogP contribution in [0.1, 0.15) is 23.0 Å². The highest BCUT2D eigenvalue weighted by Gasteiger charge is 2.25. The normalized spacial score (nSPS) is 10.9. The first-order valence-corrected chi connectivity index (χ1v) is 10.8. The van der Waals surface area contributed by atoms with E-state index in [1.807, 2.05) is 22.6 Å². The van der Waals surface area contributed by atoms with Gasteiger partial charge in [-0.3, -0.25) is 4.79 Å². The molecule has 0 saturated carbocycles. The smallest absolute Gasteiger partial charge is 0.252 e. The number of halogens is 3. The van der Waals surface area contributed by atoms with Crippen LogP contribution in [0, 0.1) is 15.2 Å². The molecule has 1 aromatic carbocycles. The van der Waals surface area contributed by atoms with E-state index in [9.17, 15) is 13.6 Å². The lowest BCUT2D eigenvalue weighted by Gasteiger charge is -2.10. The first-order chi connectivity index (χ1) is 15.8. The molecule has 0 unspecified atom stereocenters. The number of aromatic nitrogens is 4. The Labute approximate surface area is 200 Å². The van der Waals surface area contributed by atoms with Crippen LogP contribution in [0.25, 0.3) is 17.1 Å². The number of anilines is 1. The lowest BCUT2D eigenvalue weighted by molar-refractivity contribution is 0.1000. The molecule has 0 aliphatic carbocycles. The number of carbonyl (C=O) groups excluding carboxylic acids is 1. The number of rotatable bonds is 6. The second kappa shape index (κ2) is 9.10. The van der Waals surface area contributed by atoms with Crippen LogP contribution in [0.3, 0.4) is 0 Å². The molecule has 4 rings (SSSR count). The summed E-state index contributed by atoms with van der Waals surface area (Å²) in [4.78, 5) is 20.2. The van der Waals surface area contributed by atoms with Gasteiger partial charge in [0, 0.05) is 24.0 Å². The molecular formula is C22H17F2IN6O2. The van der Waals surface area contributed by atoms with Crippen LogP contribution in [0.15, 0.2) is 48.8 Å². The Morgan fingerprint density at radius 2 is 1.91 bits per heavy atom. The number of nitrogens with two attached hydrogens (primary N) is 2. The third kappa shape index (κ3) is 4.23. The first-order valence-electron chi connectivity index (χ1n) is 9.72. The van der Waals surface area contributed by atoms with E-state index in [2.05, 4.69) is 15.1 Å². The summed E-state index contributed by atoms with van der Waals surface area (Å²) in [5.41, 5.74) is 12.2. The molecule has 0 fully saturated rings. The van der Waals surface area contributed by atoms with Crippen molar-refractivity contribution in [1.82, 2.24) is 19.7 Å². The van der Waals surface area contributed by atoms with Gasteiger partial charge in [-0.05, 0) is 59.3 Å². The van der Waals surface area contributed by atoms with E-state index in [4.69, 9.17) is 16.2 Å². The molecule has 4 aromatic rings. The quantitative estimate of drug-likeness (QED) is 0.339. The highest BCUT2D eigenvalue weighted by atomic mass is 127. The standard InChI is InChI=1S/C22H17F2IN6O2/c1-2-14-17(21(27)32)19(30-31(14)22-12(23)4-3-8-29-22)11-5-6-15(13(24)10-11)33-16-7-9-28-20(26)18(16)25/h3-10H,2H2,1H3,(H2,26,28)(H2,27,32). The first kappa shape index (κ1) is 22.6. The number of nitrogen functional groups attached to an aromatic ring is 1. The van der Waals surface area contributed by atoms with Gasteiger partial charge in [-0.2, -0.15) is 5.10 Å². The Morgan fingerprint density at radius 3 is 2.58 bits per heavy atom. The average molecular weight is 562 g/mol. The molecule has 0 saturated heterocycles. The molecule has 1 amide bonds. The van der Waals surface area contributed by atoms with Crippen molar-refractivity contribution in [3.63, 3.8) is 0 Å². The molecule has 3 heterocycles. The van der Waals surface area contributed by atoms with Crippen molar-refractivity contribution in [3.05, 3.63) is 75.3 Å². The molecule has 4 N–H and O–H groups in total. The minimum absolute atomic E-state index is 0.0613. The third-order valence-electron chi connectivity index (χ3n) is 4.81. The largest absolute Gasteiger partial charge is 0.453 e. The average Bonchev–Trinajstić information content (AvgIpc) is 3.18. The maximum Gasteiger partial charge on any atom is 0.252 e. The van der Waals surface area contributed by atoms with Gasteiger partial charge in [0.1, 0.15) is 17.3 Å². The molecular weight excluding hydrogens is 545 g/mol. The fraction of sp³-hybridized carbons (Fsp3) is 0.0909. The van der Waals surface area contributed by atoms with Gasteiger partial charge in [0.25, 0.3) is 5.91 Å². The SMILES string of the molecule is CCc1c(C(N)=O)c(-c2ccc(Oc3ccnc(N)c3I)c(F)c2)nn1-c1ncccc1F. The van der Waals surface area contributed by atoms with Gasteiger partial charge in [0.05, 0.1) is 14.8 Å². The summed E-state index contributed by atoms with van der Waals surface area (Å²) < 4.78 is 36.8. The Kier molecular flexibility index (Phi) is 6.22. The summed E-state index contributed by atoms with van der Waals surface area (Å²) in [6.07, 6.45) is 3.17. The molecule has 0 aliphatic rings. The fourth-order valence-corrected chi connectivity index (χ4v) is 3.75. The van der Waals surface area contributed by atoms with Crippen LogP contribution >= 0.6 is 22.6 Å². The van der Waals surface area contributed by atoms with E-state index in [1.54, 1.807) is 13.0 Å². The number of hydrogen-bond donors (Lipinski definition) is 2. The van der Waals surface area contributed by atoms with Crippen LogP contribution in [-0.4, -0.2) is 25.7 Å². The van der Waals surface area contributed by atoms with Crippen LogP contribution in [0.5, 0.6) is 11.5 Å². The van der Waals surface area contributed by atoms with Crippen molar-refractivity contribution in [3.8, 4) is 28.6 Å². The number of ether oxygens (including phenoxy) is 1. The summed E-state index contributed by atoms with van der Waals surface area (Å²) in [6.45, 7) is 1.77. The highest BCUT2D eigenvalue weighted by Crippen LogP contribution is 2.34. The third-order valence-corrected chi connectivity index (χ3v) is 5.89. The number of benzene rings is 1. The summed E-state index contributed by atoms with van der Waals surface area (Å²) >= 11 is 1.95. The van der Waals surface area contributed by atoms with Gasteiger partial charge in [-0.15, -0.1) is 0 Å². The highest BCUT2D eigenvalue weighted by molar-refractivity contribution is 14.1. The van der Waals surface area contributed by atoms with Crippen LogP contribution in [0.2, 0.25) is 0 Å². The Morgan fingerprint density at radius 1 is 1.12 bits per heavy atom. The maximum absolute atomic E-state index is 15.0. The van der Waals surface area contributed by atoms with Gasteiger partial charge >= 0.3 is 0 Å². The lowest BCUT2D eigenvalue weighted by atomic mass is 10.0. The predicted molar refractivity (Wildman–Crippen MR) is 126 cm³/mol. The summed E-state index contributed by atoms with van der Waals surface area (Å²) in [7, 11) is 0. The zero-order valence-electron chi connectivity index (χ0n) is 17.2. The van der Waals surface area contributed by atoms with Gasteiger partial charge < -0.3 is 16.2 Å². The van der Waals surface area contributed by atoms with E-state index in [0.717, 1.165) is 0 Å². The van der Waals surface area contributed by atoms with E-state index in [1.165, 1.54) is 47.4 Å². The van der Waals surface area contributed by atoms with Crippen molar-refractivity contribution in [1.29, 1.82) is 0 Å². The van der Waals surface area contributed by atoms with Crippen molar-refractivity contribution in [2.75, 3.05) is 5.73 Å². The Balaban J connectivity index is 1.81. The number of hydrogen-bond acceptors (Lipinski definition) is 6. The Bertz CT molecular complexity index is 1380. The van der Waals surface area contributed by atoms with E-state index < -0.39 is 17.5 Å². The Hall–Kier alpha value is -3.61. The van der Waals surface area contributed by atoms with Gasteiger partial charge in [-0.25, -0.2) is 23.4 Å². The van der Waals surface area contributed by atoms with Crippen molar-refractivity contribution >= 4 is 34.3 Å². The number of pyridine rings is 2. The predicted octanol–water partition coefficient (Wildman–Crippen LogP) is 4.25. The zero-order chi connectivity index (χ0) is 23.7. The molecule has 11 heteroatoms. The molecule has 33 heavy (non-hydrogen) atoms. The van der Waals surface area contributed by atoms with Crippen molar-refractivity contribution < 1.29 is 18.3 Å².